The van der Waals surface area contributed by atoms with Gasteiger partial charge in [-0.05, 0) is 19.4 Å². The Morgan fingerprint density at radius 2 is 1.82 bits per heavy atom. The third-order valence-electron chi connectivity index (χ3n) is 4.61. The lowest BCUT2D eigenvalue weighted by molar-refractivity contribution is 0.0545. The van der Waals surface area contributed by atoms with E-state index in [1.165, 1.54) is 0 Å². The number of aromatic nitrogens is 4. The van der Waals surface area contributed by atoms with Gasteiger partial charge in [0.25, 0.3) is 0 Å². The van der Waals surface area contributed by atoms with E-state index in [1.807, 2.05) is 30.3 Å². The summed E-state index contributed by atoms with van der Waals surface area (Å²) in [5.41, 5.74) is 7.90. The third-order valence-corrected chi connectivity index (χ3v) is 6.38. The monoisotopic (exact) mass is 479 g/mol. The third kappa shape index (κ3) is 6.72. The van der Waals surface area contributed by atoms with Gasteiger partial charge in [0.05, 0.1) is 32.7 Å². The van der Waals surface area contributed by atoms with Gasteiger partial charge in [0.2, 0.25) is 0 Å². The maximum atomic E-state index is 12.9. The minimum atomic E-state index is -3.39. The van der Waals surface area contributed by atoms with Gasteiger partial charge in [-0.3, -0.25) is 4.57 Å². The smallest absolute Gasteiger partial charge is 0.356 e. The van der Waals surface area contributed by atoms with E-state index >= 15 is 0 Å². The molecular weight excluding hydrogens is 449 g/mol. The Kier molecular flexibility index (Phi) is 9.16. The second-order valence-corrected chi connectivity index (χ2v) is 8.94. The molecule has 0 saturated carbocycles. The van der Waals surface area contributed by atoms with Gasteiger partial charge in [-0.15, -0.1) is 0 Å². The van der Waals surface area contributed by atoms with E-state index in [9.17, 15) is 4.57 Å². The number of ether oxygens (including phenoxy) is 3. The molecule has 2 heterocycles. The number of imidazole rings is 1. The van der Waals surface area contributed by atoms with Gasteiger partial charge < -0.3 is 33.6 Å². The van der Waals surface area contributed by atoms with Crippen molar-refractivity contribution in [3.05, 3.63) is 42.2 Å². The molecule has 33 heavy (non-hydrogen) atoms. The second kappa shape index (κ2) is 12.1. The minimum absolute atomic E-state index is 0.133. The van der Waals surface area contributed by atoms with Crippen LogP contribution in [0, 0.1) is 0 Å². The van der Waals surface area contributed by atoms with Crippen LogP contribution in [0.5, 0.6) is 6.01 Å². The van der Waals surface area contributed by atoms with E-state index in [1.54, 1.807) is 31.9 Å². The zero-order valence-corrected chi connectivity index (χ0v) is 19.9. The molecule has 1 unspecified atom stereocenters. The molecule has 1 aromatic carbocycles. The van der Waals surface area contributed by atoms with Crippen molar-refractivity contribution in [2.24, 2.45) is 0 Å². The van der Waals surface area contributed by atoms with Crippen molar-refractivity contribution < 1.29 is 27.8 Å². The van der Waals surface area contributed by atoms with Crippen LogP contribution in [0.1, 0.15) is 25.5 Å². The molecule has 2 aromatic heterocycles. The zero-order chi connectivity index (χ0) is 23.7. The van der Waals surface area contributed by atoms with Crippen molar-refractivity contribution >= 4 is 24.6 Å². The molecule has 2 N–H and O–H groups in total. The zero-order valence-electron chi connectivity index (χ0n) is 19.0. The van der Waals surface area contributed by atoms with Crippen molar-refractivity contribution in [2.45, 2.75) is 26.5 Å². The van der Waals surface area contributed by atoms with Gasteiger partial charge in [-0.2, -0.15) is 9.97 Å². The number of nitrogen functional groups attached to an aromatic ring is 1. The summed E-state index contributed by atoms with van der Waals surface area (Å²) in [5, 5.41) is 0. The van der Waals surface area contributed by atoms with Gasteiger partial charge >= 0.3 is 13.6 Å². The molecule has 0 fully saturated rings. The average Bonchev–Trinajstić information content (AvgIpc) is 3.21. The number of rotatable bonds is 14. The molecule has 0 aliphatic carbocycles. The lowest BCUT2D eigenvalue weighted by Gasteiger charge is -2.23. The van der Waals surface area contributed by atoms with E-state index in [2.05, 4.69) is 15.0 Å². The second-order valence-electron chi connectivity index (χ2n) is 6.94. The van der Waals surface area contributed by atoms with Gasteiger partial charge in [-0.1, -0.05) is 30.3 Å². The SMILES string of the molecule is CCOP(=O)(COC(Cn1cnc2c(N)nc(OCCOC)nc21)c1ccccc1)OCC. The lowest BCUT2D eigenvalue weighted by Crippen LogP contribution is -2.15. The molecular formula is C21H30N5O6P. The minimum Gasteiger partial charge on any atom is -0.461 e. The standard InChI is InChI=1S/C21H30N5O6P/c1-4-31-33(27,32-5-2)15-30-17(16-9-7-6-8-10-16)13-26-14-23-18-19(22)24-21(25-20(18)26)29-12-11-28-3/h6-10,14,17H,4-5,11-13,15H2,1-3H3,(H2,22,24,25). The van der Waals surface area contributed by atoms with Crippen LogP contribution in [0.4, 0.5) is 5.82 Å². The van der Waals surface area contributed by atoms with E-state index in [-0.39, 0.29) is 38.0 Å². The Bertz CT molecular complexity index is 1050. The Balaban J connectivity index is 1.87. The molecule has 0 aliphatic heterocycles. The van der Waals surface area contributed by atoms with Crippen molar-refractivity contribution in [3.63, 3.8) is 0 Å². The molecule has 0 spiro atoms. The number of hydrogen-bond donors (Lipinski definition) is 1. The number of nitrogens with zero attached hydrogens (tertiary/aromatic N) is 4. The number of hydrogen-bond acceptors (Lipinski definition) is 10. The molecule has 3 aromatic rings. The molecule has 180 valence electrons. The number of nitrogens with two attached hydrogens (primary N) is 1. The maximum Gasteiger partial charge on any atom is 0.356 e. The van der Waals surface area contributed by atoms with Gasteiger partial charge in [0.15, 0.2) is 17.0 Å². The van der Waals surface area contributed by atoms with Gasteiger partial charge in [0.1, 0.15) is 19.1 Å². The predicted molar refractivity (Wildman–Crippen MR) is 123 cm³/mol. The number of fused-ring (bicyclic) bond motifs is 1. The molecule has 0 amide bonds. The fourth-order valence-electron chi connectivity index (χ4n) is 3.15. The summed E-state index contributed by atoms with van der Waals surface area (Å²) in [4.78, 5) is 12.9. The quantitative estimate of drug-likeness (QED) is 0.271. The molecule has 12 heteroatoms. The fraction of sp³-hybridized carbons (Fsp3) is 0.476. The summed E-state index contributed by atoms with van der Waals surface area (Å²) in [6, 6.07) is 9.72. The number of anilines is 1. The molecule has 0 aliphatic rings. The van der Waals surface area contributed by atoms with Crippen LogP contribution < -0.4 is 10.5 Å². The topological polar surface area (TPSA) is 133 Å². The van der Waals surface area contributed by atoms with Crippen LogP contribution in [-0.2, 0) is 29.6 Å². The summed E-state index contributed by atoms with van der Waals surface area (Å²) in [5.74, 6) is 0.209. The van der Waals surface area contributed by atoms with Crippen molar-refractivity contribution in [1.82, 2.24) is 19.5 Å². The first-order valence-electron chi connectivity index (χ1n) is 10.6. The molecule has 0 saturated heterocycles. The van der Waals surface area contributed by atoms with E-state index in [0.717, 1.165) is 5.56 Å². The fourth-order valence-corrected chi connectivity index (χ4v) is 4.52. The van der Waals surface area contributed by atoms with E-state index in [0.29, 0.717) is 24.3 Å². The highest BCUT2D eigenvalue weighted by atomic mass is 31.2. The van der Waals surface area contributed by atoms with Crippen LogP contribution in [0.15, 0.2) is 36.7 Å². The highest BCUT2D eigenvalue weighted by Crippen LogP contribution is 2.49. The van der Waals surface area contributed by atoms with Crippen LogP contribution in [0.25, 0.3) is 11.2 Å². The maximum absolute atomic E-state index is 12.9. The van der Waals surface area contributed by atoms with Crippen molar-refractivity contribution in [3.8, 4) is 6.01 Å². The summed E-state index contributed by atoms with van der Waals surface area (Å²) in [7, 11) is -1.81. The summed E-state index contributed by atoms with van der Waals surface area (Å²) in [6.45, 7) is 5.03. The van der Waals surface area contributed by atoms with Gasteiger partial charge in [-0.25, -0.2) is 4.98 Å². The Morgan fingerprint density at radius 3 is 2.48 bits per heavy atom. The number of benzene rings is 1. The average molecular weight is 479 g/mol. The van der Waals surface area contributed by atoms with Crippen molar-refractivity contribution in [2.75, 3.05) is 45.6 Å². The summed E-state index contributed by atoms with van der Waals surface area (Å²) < 4.78 is 42.0. The Labute approximate surface area is 192 Å². The highest BCUT2D eigenvalue weighted by molar-refractivity contribution is 7.53. The molecule has 3 rings (SSSR count). The highest BCUT2D eigenvalue weighted by Gasteiger charge is 2.27. The Morgan fingerprint density at radius 1 is 1.09 bits per heavy atom. The first-order chi connectivity index (χ1) is 16.0. The Hall–Kier alpha value is -2.56. The van der Waals surface area contributed by atoms with Crippen LogP contribution >= 0.6 is 7.60 Å². The summed E-state index contributed by atoms with van der Waals surface area (Å²) >= 11 is 0. The summed E-state index contributed by atoms with van der Waals surface area (Å²) in [6.07, 6.45) is 0.939. The van der Waals surface area contributed by atoms with Crippen LogP contribution in [0.2, 0.25) is 0 Å². The van der Waals surface area contributed by atoms with Crippen molar-refractivity contribution in [1.29, 1.82) is 0 Å². The van der Waals surface area contributed by atoms with Crippen LogP contribution in [-0.4, -0.2) is 59.4 Å². The predicted octanol–water partition coefficient (Wildman–Crippen LogP) is 3.42. The number of methoxy groups -OCH3 is 1. The first kappa shape index (κ1) is 25.1. The normalized spacial score (nSPS) is 12.8. The van der Waals surface area contributed by atoms with E-state index in [4.69, 9.17) is 29.0 Å². The molecule has 11 nitrogen and oxygen atoms in total. The molecule has 1 atom stereocenters. The van der Waals surface area contributed by atoms with Crippen LogP contribution in [0.3, 0.4) is 0 Å². The first-order valence-corrected chi connectivity index (χ1v) is 12.4. The lowest BCUT2D eigenvalue weighted by atomic mass is 10.1. The van der Waals surface area contributed by atoms with Gasteiger partial charge in [0, 0.05) is 7.11 Å². The largest absolute Gasteiger partial charge is 0.461 e. The molecule has 0 bridgehead atoms. The van der Waals surface area contributed by atoms with E-state index < -0.39 is 13.7 Å². The molecule has 0 radical (unpaired) electrons.